The first-order chi connectivity index (χ1) is 10.5. The third kappa shape index (κ3) is 3.31. The van der Waals surface area contributed by atoms with Gasteiger partial charge in [0.05, 0.1) is 11.3 Å². The Morgan fingerprint density at radius 2 is 1.68 bits per heavy atom. The number of benzene rings is 1. The van der Waals surface area contributed by atoms with Gasteiger partial charge in [-0.3, -0.25) is 4.98 Å². The molecule has 1 heterocycles. The molecule has 0 N–H and O–H groups in total. The summed E-state index contributed by atoms with van der Waals surface area (Å²) in [4.78, 5) is 3.80. The number of alkyl halides is 3. The summed E-state index contributed by atoms with van der Waals surface area (Å²) in [5.41, 5.74) is -0.201. The number of allylic oxidation sites excluding steroid dienone is 1. The Morgan fingerprint density at radius 3 is 2.23 bits per heavy atom. The topological polar surface area (TPSA) is 60.5 Å². The van der Waals surface area contributed by atoms with Gasteiger partial charge in [-0.1, -0.05) is 24.3 Å². The Bertz CT molecular complexity index is 775. The van der Waals surface area contributed by atoms with E-state index in [0.29, 0.717) is 11.1 Å². The molecule has 0 bridgehead atoms. The van der Waals surface area contributed by atoms with Crippen molar-refractivity contribution in [3.05, 3.63) is 59.3 Å². The second-order valence-corrected chi connectivity index (χ2v) is 4.30. The van der Waals surface area contributed by atoms with E-state index in [-0.39, 0.29) is 11.3 Å². The van der Waals surface area contributed by atoms with Crippen LogP contribution in [0.3, 0.4) is 0 Å². The van der Waals surface area contributed by atoms with Gasteiger partial charge >= 0.3 is 6.18 Å². The molecule has 22 heavy (non-hydrogen) atoms. The van der Waals surface area contributed by atoms with Crippen molar-refractivity contribution in [1.82, 2.24) is 4.98 Å². The molecule has 0 radical (unpaired) electrons. The summed E-state index contributed by atoms with van der Waals surface area (Å²) in [7, 11) is 0. The largest absolute Gasteiger partial charge is 0.418 e. The summed E-state index contributed by atoms with van der Waals surface area (Å²) in [5, 5.41) is 17.3. The third-order valence-electron chi connectivity index (χ3n) is 2.85. The van der Waals surface area contributed by atoms with Gasteiger partial charge in [0.1, 0.15) is 17.7 Å². The van der Waals surface area contributed by atoms with Crippen LogP contribution in [0.4, 0.5) is 13.2 Å². The quantitative estimate of drug-likeness (QED) is 0.781. The first-order valence-corrected chi connectivity index (χ1v) is 6.10. The van der Waals surface area contributed by atoms with Crippen LogP contribution in [-0.2, 0) is 6.18 Å². The molecule has 0 atom stereocenters. The van der Waals surface area contributed by atoms with Crippen LogP contribution in [-0.4, -0.2) is 4.98 Å². The van der Waals surface area contributed by atoms with Crippen LogP contribution in [0.25, 0.3) is 17.3 Å². The van der Waals surface area contributed by atoms with Crippen molar-refractivity contribution < 1.29 is 13.2 Å². The van der Waals surface area contributed by atoms with Gasteiger partial charge in [0.25, 0.3) is 0 Å². The summed E-state index contributed by atoms with van der Waals surface area (Å²) >= 11 is 0. The lowest BCUT2D eigenvalue weighted by atomic mass is 10.0. The molecule has 0 aliphatic carbocycles. The maximum atomic E-state index is 13.0. The predicted molar refractivity (Wildman–Crippen MR) is 73.9 cm³/mol. The van der Waals surface area contributed by atoms with Crippen LogP contribution >= 0.6 is 0 Å². The summed E-state index contributed by atoms with van der Waals surface area (Å²) in [6.07, 6.45) is -1.84. The minimum atomic E-state index is -4.49. The molecule has 0 saturated carbocycles. The van der Waals surface area contributed by atoms with Crippen LogP contribution in [0.5, 0.6) is 0 Å². The average Bonchev–Trinajstić information content (AvgIpc) is 2.52. The maximum absolute atomic E-state index is 13.0. The van der Waals surface area contributed by atoms with Crippen molar-refractivity contribution in [2.75, 3.05) is 0 Å². The molecular weight excluding hydrogens is 291 g/mol. The lowest BCUT2D eigenvalue weighted by molar-refractivity contribution is -0.137. The lowest BCUT2D eigenvalue weighted by Gasteiger charge is -2.11. The molecule has 6 heteroatoms. The van der Waals surface area contributed by atoms with E-state index in [0.717, 1.165) is 6.07 Å². The Hall–Kier alpha value is -3.12. The maximum Gasteiger partial charge on any atom is 0.418 e. The number of rotatable bonds is 2. The van der Waals surface area contributed by atoms with E-state index in [1.54, 1.807) is 12.1 Å². The molecule has 0 spiro atoms. The van der Waals surface area contributed by atoms with Crippen LogP contribution in [0.1, 0.15) is 11.1 Å². The molecule has 1 aromatic carbocycles. The summed E-state index contributed by atoms with van der Waals surface area (Å²) in [6, 6.07) is 11.6. The van der Waals surface area contributed by atoms with Gasteiger partial charge in [0.2, 0.25) is 0 Å². The molecule has 1 aromatic heterocycles. The van der Waals surface area contributed by atoms with Crippen LogP contribution < -0.4 is 0 Å². The van der Waals surface area contributed by atoms with Crippen molar-refractivity contribution in [3.63, 3.8) is 0 Å². The normalized spacial score (nSPS) is 10.4. The SMILES string of the molecule is N#CC(C#N)=Cc1ccc(-c2ncccc2C(F)(F)F)cc1. The highest BCUT2D eigenvalue weighted by atomic mass is 19.4. The van der Waals surface area contributed by atoms with E-state index in [1.165, 1.54) is 42.6 Å². The van der Waals surface area contributed by atoms with Gasteiger partial charge in [-0.05, 0) is 23.8 Å². The van der Waals surface area contributed by atoms with Crippen molar-refractivity contribution in [3.8, 4) is 23.4 Å². The fraction of sp³-hybridized carbons (Fsp3) is 0.0625. The highest BCUT2D eigenvalue weighted by Gasteiger charge is 2.34. The highest BCUT2D eigenvalue weighted by molar-refractivity contribution is 5.68. The zero-order valence-electron chi connectivity index (χ0n) is 11.1. The van der Waals surface area contributed by atoms with Crippen LogP contribution in [0.15, 0.2) is 48.2 Å². The van der Waals surface area contributed by atoms with Crippen LogP contribution in [0.2, 0.25) is 0 Å². The van der Waals surface area contributed by atoms with Gasteiger partial charge in [-0.2, -0.15) is 23.7 Å². The molecule has 0 aliphatic rings. The number of aromatic nitrogens is 1. The monoisotopic (exact) mass is 299 g/mol. The molecule has 3 nitrogen and oxygen atoms in total. The summed E-state index contributed by atoms with van der Waals surface area (Å²) in [6.45, 7) is 0. The van der Waals surface area contributed by atoms with Crippen molar-refractivity contribution in [2.45, 2.75) is 6.18 Å². The zero-order valence-corrected chi connectivity index (χ0v) is 11.1. The zero-order chi connectivity index (χ0) is 16.2. The number of nitriles is 2. The molecule has 2 aromatic rings. The molecule has 0 amide bonds. The van der Waals surface area contributed by atoms with Gasteiger partial charge in [0.15, 0.2) is 0 Å². The molecule has 0 saturated heterocycles. The summed E-state index contributed by atoms with van der Waals surface area (Å²) < 4.78 is 38.9. The standard InChI is InChI=1S/C16H8F3N3/c17-16(18,19)14-2-1-7-22-15(14)13-5-3-11(4-6-13)8-12(9-20)10-21/h1-8H. The lowest BCUT2D eigenvalue weighted by Crippen LogP contribution is -2.08. The van der Waals surface area contributed by atoms with Crippen molar-refractivity contribution >= 4 is 6.08 Å². The molecular formula is C16H8F3N3. The first-order valence-electron chi connectivity index (χ1n) is 6.10. The van der Waals surface area contributed by atoms with E-state index >= 15 is 0 Å². The number of halogens is 3. The van der Waals surface area contributed by atoms with E-state index < -0.39 is 11.7 Å². The van der Waals surface area contributed by atoms with E-state index in [1.807, 2.05) is 0 Å². The minimum absolute atomic E-state index is 0.0819. The Labute approximate surface area is 124 Å². The van der Waals surface area contributed by atoms with Crippen LogP contribution in [0, 0.1) is 22.7 Å². The highest BCUT2D eigenvalue weighted by Crippen LogP contribution is 2.35. The first kappa shape index (κ1) is 15.3. The molecule has 2 rings (SSSR count). The molecule has 108 valence electrons. The second kappa shape index (κ2) is 6.11. The smallest absolute Gasteiger partial charge is 0.256 e. The van der Waals surface area contributed by atoms with Crippen molar-refractivity contribution in [1.29, 1.82) is 10.5 Å². The Kier molecular flexibility index (Phi) is 4.24. The molecule has 0 aliphatic heterocycles. The van der Waals surface area contributed by atoms with E-state index in [4.69, 9.17) is 10.5 Å². The second-order valence-electron chi connectivity index (χ2n) is 4.30. The number of nitrogens with zero attached hydrogens (tertiary/aromatic N) is 3. The molecule has 0 unspecified atom stereocenters. The fourth-order valence-corrected chi connectivity index (χ4v) is 1.86. The van der Waals surface area contributed by atoms with Gasteiger partial charge in [0, 0.05) is 11.8 Å². The van der Waals surface area contributed by atoms with E-state index in [2.05, 4.69) is 4.98 Å². The number of hydrogen-bond acceptors (Lipinski definition) is 3. The summed E-state index contributed by atoms with van der Waals surface area (Å²) in [5.74, 6) is 0. The van der Waals surface area contributed by atoms with Gasteiger partial charge in [-0.15, -0.1) is 0 Å². The fourth-order valence-electron chi connectivity index (χ4n) is 1.86. The Morgan fingerprint density at radius 1 is 1.05 bits per heavy atom. The van der Waals surface area contributed by atoms with E-state index in [9.17, 15) is 13.2 Å². The van der Waals surface area contributed by atoms with Gasteiger partial charge < -0.3 is 0 Å². The molecule has 0 fully saturated rings. The average molecular weight is 299 g/mol. The Balaban J connectivity index is 2.44. The number of hydrogen-bond donors (Lipinski definition) is 0. The van der Waals surface area contributed by atoms with Gasteiger partial charge in [-0.25, -0.2) is 0 Å². The predicted octanol–water partition coefficient (Wildman–Crippen LogP) is 4.20. The number of pyridine rings is 1. The van der Waals surface area contributed by atoms with Crippen molar-refractivity contribution in [2.24, 2.45) is 0 Å². The third-order valence-corrected chi connectivity index (χ3v) is 2.85. The minimum Gasteiger partial charge on any atom is -0.256 e.